The molecule has 1 aromatic carbocycles. The van der Waals surface area contributed by atoms with Gasteiger partial charge in [-0.15, -0.1) is 0 Å². The number of hydrogen-bond donors (Lipinski definition) is 4. The number of benzene rings is 1. The first kappa shape index (κ1) is 21.4. The van der Waals surface area contributed by atoms with E-state index in [1.54, 1.807) is 24.5 Å². The van der Waals surface area contributed by atoms with E-state index in [1.807, 2.05) is 38.1 Å². The number of aromatic nitrogens is 3. The number of nitrogens with one attached hydrogen (secondary N) is 3. The highest BCUT2D eigenvalue weighted by Crippen LogP contribution is 2.33. The number of anilines is 2. The Morgan fingerprint density at radius 1 is 1.03 bits per heavy atom. The molecular formula is C23H29N5O2. The number of fused-ring (bicyclic) bond motifs is 1. The fraction of sp³-hybridized carbons (Fsp3) is 0.348. The molecule has 2 aromatic heterocycles. The molecule has 0 unspecified atom stereocenters. The van der Waals surface area contributed by atoms with Crippen molar-refractivity contribution in [1.82, 2.24) is 20.5 Å². The Kier molecular flexibility index (Phi) is 7.06. The summed E-state index contributed by atoms with van der Waals surface area (Å²) in [7, 11) is 0. The summed E-state index contributed by atoms with van der Waals surface area (Å²) in [5.41, 5.74) is 2.37. The van der Waals surface area contributed by atoms with E-state index in [9.17, 15) is 4.79 Å². The highest BCUT2D eigenvalue weighted by molar-refractivity contribution is 6.00. The SMILES string of the molecule is C1CCCC1.CC1(C)NC(=O)c2ccc(Nc3ccn[nH]3)cc21.Oc1cccnc1. The van der Waals surface area contributed by atoms with Crippen LogP contribution in [0.2, 0.25) is 0 Å². The second kappa shape index (κ2) is 9.91. The van der Waals surface area contributed by atoms with Crippen molar-refractivity contribution in [3.8, 4) is 5.75 Å². The largest absolute Gasteiger partial charge is 0.506 e. The van der Waals surface area contributed by atoms with Gasteiger partial charge in [0.1, 0.15) is 11.6 Å². The van der Waals surface area contributed by atoms with E-state index in [0.717, 1.165) is 22.6 Å². The molecule has 1 aliphatic carbocycles. The molecule has 158 valence electrons. The summed E-state index contributed by atoms with van der Waals surface area (Å²) in [6.45, 7) is 3.99. The van der Waals surface area contributed by atoms with E-state index < -0.39 is 0 Å². The number of aromatic amines is 1. The molecule has 1 amide bonds. The fourth-order valence-corrected chi connectivity index (χ4v) is 3.47. The standard InChI is InChI=1S/C13H14N4O.C5H5NO.C5H10/c1-13(2)10-7-8(15-11-5-6-14-17-11)3-4-9(10)12(18)16-13;7-5-2-1-3-6-4-5;1-2-4-5-3-1/h3-7H,1-2H3,(H,16,18)(H2,14,15,17);1-4,7H;1-5H2. The van der Waals surface area contributed by atoms with Crippen molar-refractivity contribution in [3.63, 3.8) is 0 Å². The molecule has 7 nitrogen and oxygen atoms in total. The number of carbonyl (C=O) groups excluding carboxylic acids is 1. The van der Waals surface area contributed by atoms with Crippen LogP contribution < -0.4 is 10.6 Å². The third kappa shape index (κ3) is 5.83. The number of rotatable bonds is 2. The number of pyridine rings is 1. The zero-order valence-electron chi connectivity index (χ0n) is 17.5. The molecule has 1 fully saturated rings. The molecular weight excluding hydrogens is 378 g/mol. The van der Waals surface area contributed by atoms with E-state index in [0.29, 0.717) is 0 Å². The minimum absolute atomic E-state index is 0.0110. The second-order valence-electron chi connectivity index (χ2n) is 7.91. The van der Waals surface area contributed by atoms with Gasteiger partial charge in [-0.05, 0) is 49.7 Å². The lowest BCUT2D eigenvalue weighted by Crippen LogP contribution is -2.32. The van der Waals surface area contributed by atoms with Crippen molar-refractivity contribution in [2.24, 2.45) is 0 Å². The molecule has 1 saturated carbocycles. The fourth-order valence-electron chi connectivity index (χ4n) is 3.47. The van der Waals surface area contributed by atoms with Gasteiger partial charge in [0.2, 0.25) is 0 Å². The Morgan fingerprint density at radius 3 is 2.30 bits per heavy atom. The minimum Gasteiger partial charge on any atom is -0.506 e. The average molecular weight is 408 g/mol. The lowest BCUT2D eigenvalue weighted by Gasteiger charge is -2.19. The van der Waals surface area contributed by atoms with Crippen molar-refractivity contribution in [3.05, 3.63) is 66.1 Å². The summed E-state index contributed by atoms with van der Waals surface area (Å²) in [5, 5.41) is 21.5. The van der Waals surface area contributed by atoms with Gasteiger partial charge < -0.3 is 15.7 Å². The topological polar surface area (TPSA) is 103 Å². The van der Waals surface area contributed by atoms with Gasteiger partial charge in [-0.1, -0.05) is 32.1 Å². The maximum Gasteiger partial charge on any atom is 0.252 e. The highest BCUT2D eigenvalue weighted by Gasteiger charge is 2.34. The van der Waals surface area contributed by atoms with Gasteiger partial charge in [-0.25, -0.2) is 0 Å². The normalized spacial score (nSPS) is 15.7. The predicted molar refractivity (Wildman–Crippen MR) is 118 cm³/mol. The molecule has 5 rings (SSSR count). The Hall–Kier alpha value is -3.35. The predicted octanol–water partition coefficient (Wildman–Crippen LogP) is 4.87. The lowest BCUT2D eigenvalue weighted by molar-refractivity contribution is 0.0940. The van der Waals surface area contributed by atoms with Crippen molar-refractivity contribution >= 4 is 17.4 Å². The van der Waals surface area contributed by atoms with Crippen LogP contribution in [0.5, 0.6) is 5.75 Å². The van der Waals surface area contributed by atoms with Crippen LogP contribution in [-0.4, -0.2) is 26.2 Å². The molecule has 0 radical (unpaired) electrons. The second-order valence-corrected chi connectivity index (χ2v) is 7.91. The number of aromatic hydroxyl groups is 1. The molecule has 2 aliphatic rings. The van der Waals surface area contributed by atoms with Gasteiger partial charge in [0.25, 0.3) is 5.91 Å². The Balaban J connectivity index is 0.000000174. The van der Waals surface area contributed by atoms with Crippen LogP contribution >= 0.6 is 0 Å². The maximum absolute atomic E-state index is 11.8. The molecule has 0 saturated heterocycles. The monoisotopic (exact) mass is 407 g/mol. The zero-order valence-corrected chi connectivity index (χ0v) is 17.5. The van der Waals surface area contributed by atoms with Gasteiger partial charge >= 0.3 is 0 Å². The molecule has 1 aliphatic heterocycles. The number of amides is 1. The van der Waals surface area contributed by atoms with Crippen molar-refractivity contribution in [2.45, 2.75) is 51.5 Å². The van der Waals surface area contributed by atoms with Crippen LogP contribution in [0, 0.1) is 0 Å². The summed E-state index contributed by atoms with van der Waals surface area (Å²) in [6.07, 6.45) is 12.2. The van der Waals surface area contributed by atoms with Gasteiger partial charge in [0, 0.05) is 23.5 Å². The van der Waals surface area contributed by atoms with Gasteiger partial charge in [-0.3, -0.25) is 14.9 Å². The number of carbonyl (C=O) groups is 1. The van der Waals surface area contributed by atoms with Gasteiger partial charge in [0.05, 0.1) is 17.9 Å². The van der Waals surface area contributed by atoms with E-state index in [2.05, 4.69) is 25.8 Å². The molecule has 4 N–H and O–H groups in total. The summed E-state index contributed by atoms with van der Waals surface area (Å²) in [6, 6.07) is 10.8. The van der Waals surface area contributed by atoms with Crippen LogP contribution in [0.3, 0.4) is 0 Å². The molecule has 0 atom stereocenters. The maximum atomic E-state index is 11.8. The molecule has 0 spiro atoms. The molecule has 7 heteroatoms. The molecule has 30 heavy (non-hydrogen) atoms. The first-order valence-electron chi connectivity index (χ1n) is 10.3. The Bertz CT molecular complexity index is 928. The summed E-state index contributed by atoms with van der Waals surface area (Å²) in [4.78, 5) is 15.4. The summed E-state index contributed by atoms with van der Waals surface area (Å²) >= 11 is 0. The minimum atomic E-state index is -0.321. The van der Waals surface area contributed by atoms with Crippen molar-refractivity contribution < 1.29 is 9.90 Å². The first-order valence-corrected chi connectivity index (χ1v) is 10.3. The summed E-state index contributed by atoms with van der Waals surface area (Å²) < 4.78 is 0. The summed E-state index contributed by atoms with van der Waals surface area (Å²) in [5.74, 6) is 1.02. The number of hydrogen-bond acceptors (Lipinski definition) is 5. The highest BCUT2D eigenvalue weighted by atomic mass is 16.3. The van der Waals surface area contributed by atoms with E-state index in [-0.39, 0.29) is 17.2 Å². The smallest absolute Gasteiger partial charge is 0.252 e. The van der Waals surface area contributed by atoms with Crippen molar-refractivity contribution in [2.75, 3.05) is 5.32 Å². The van der Waals surface area contributed by atoms with Gasteiger partial charge in [0.15, 0.2) is 0 Å². The quantitative estimate of drug-likeness (QED) is 0.485. The number of H-pyrrole nitrogens is 1. The van der Waals surface area contributed by atoms with Crippen LogP contribution in [0.15, 0.2) is 55.0 Å². The van der Waals surface area contributed by atoms with Crippen LogP contribution in [0.4, 0.5) is 11.5 Å². The van der Waals surface area contributed by atoms with Gasteiger partial charge in [-0.2, -0.15) is 5.10 Å². The Morgan fingerprint density at radius 2 is 1.77 bits per heavy atom. The van der Waals surface area contributed by atoms with E-state index in [4.69, 9.17) is 5.11 Å². The molecule has 3 heterocycles. The zero-order chi connectivity index (χ0) is 21.4. The van der Waals surface area contributed by atoms with E-state index >= 15 is 0 Å². The first-order chi connectivity index (χ1) is 14.5. The van der Waals surface area contributed by atoms with Crippen molar-refractivity contribution in [1.29, 1.82) is 0 Å². The van der Waals surface area contributed by atoms with Crippen LogP contribution in [-0.2, 0) is 5.54 Å². The lowest BCUT2D eigenvalue weighted by atomic mass is 9.94. The Labute approximate surface area is 177 Å². The third-order valence-electron chi connectivity index (χ3n) is 5.04. The third-order valence-corrected chi connectivity index (χ3v) is 5.04. The molecule has 3 aromatic rings. The van der Waals surface area contributed by atoms with E-state index in [1.165, 1.54) is 38.3 Å². The average Bonchev–Trinajstić information content (AvgIpc) is 3.48. The van der Waals surface area contributed by atoms with Crippen LogP contribution in [0.25, 0.3) is 0 Å². The number of nitrogens with zero attached hydrogens (tertiary/aromatic N) is 2. The molecule has 0 bridgehead atoms. The van der Waals surface area contributed by atoms with Crippen LogP contribution in [0.1, 0.15) is 61.9 Å².